The molecule has 0 saturated heterocycles. The minimum atomic E-state index is -0.627. The van der Waals surface area contributed by atoms with Gasteiger partial charge in [-0.25, -0.2) is 13.8 Å². The predicted octanol–water partition coefficient (Wildman–Crippen LogP) is 5.57. The van der Waals surface area contributed by atoms with Crippen molar-refractivity contribution in [1.29, 1.82) is 0 Å². The zero-order chi connectivity index (χ0) is 28.0. The van der Waals surface area contributed by atoms with Crippen molar-refractivity contribution in [3.05, 3.63) is 84.3 Å². The Hall–Kier alpha value is -5.06. The van der Waals surface area contributed by atoms with Crippen LogP contribution in [0.15, 0.2) is 66.3 Å². The molecule has 0 radical (unpaired) electrons. The van der Waals surface area contributed by atoms with Gasteiger partial charge in [-0.3, -0.25) is 24.7 Å². The lowest BCUT2D eigenvalue weighted by Gasteiger charge is -2.20. The number of amides is 1. The topological polar surface area (TPSA) is 121 Å². The van der Waals surface area contributed by atoms with Crippen LogP contribution in [-0.2, 0) is 4.79 Å². The van der Waals surface area contributed by atoms with Crippen LogP contribution in [0.2, 0.25) is 0 Å². The molecule has 5 heterocycles. The number of hydrogen-bond acceptors (Lipinski definition) is 7. The lowest BCUT2D eigenvalue weighted by Crippen LogP contribution is -2.27. The lowest BCUT2D eigenvalue weighted by atomic mass is 9.95. The predicted molar refractivity (Wildman–Crippen MR) is 149 cm³/mol. The number of aliphatic imine (C=N–C) groups is 1. The fraction of sp³-hybridized carbons (Fsp3) is 0.172. The highest BCUT2D eigenvalue weighted by molar-refractivity contribution is 6.16. The number of halogens is 2. The fourth-order valence-corrected chi connectivity index (χ4v) is 4.41. The molecule has 11 heteroatoms. The van der Waals surface area contributed by atoms with E-state index in [0.29, 0.717) is 44.9 Å². The summed E-state index contributed by atoms with van der Waals surface area (Å²) in [6.07, 6.45) is 7.62. The van der Waals surface area contributed by atoms with E-state index in [0.717, 1.165) is 0 Å². The Labute approximate surface area is 227 Å². The number of benzene rings is 1. The Bertz CT molecular complexity index is 1820. The third kappa shape index (κ3) is 4.45. The quantitative estimate of drug-likeness (QED) is 0.275. The summed E-state index contributed by atoms with van der Waals surface area (Å²) >= 11 is 0. The number of aromatic amines is 1. The number of aromatic nitrogens is 5. The molecule has 6 rings (SSSR count). The minimum absolute atomic E-state index is 0.0410. The van der Waals surface area contributed by atoms with Crippen molar-refractivity contribution in [3.63, 3.8) is 0 Å². The second-order valence-corrected chi connectivity index (χ2v) is 10.4. The first-order chi connectivity index (χ1) is 19.2. The molecule has 0 atom stereocenters. The molecule has 0 fully saturated rings. The maximum absolute atomic E-state index is 16.2. The number of nitrogens with zero attached hydrogens (tertiary/aromatic N) is 5. The largest absolute Gasteiger partial charge is 0.364 e. The van der Waals surface area contributed by atoms with Gasteiger partial charge in [0, 0.05) is 34.5 Å². The fourth-order valence-electron chi connectivity index (χ4n) is 4.41. The first-order valence-electron chi connectivity index (χ1n) is 12.5. The van der Waals surface area contributed by atoms with Crippen molar-refractivity contribution in [1.82, 2.24) is 24.9 Å². The van der Waals surface area contributed by atoms with Crippen LogP contribution in [0.1, 0.15) is 32.2 Å². The monoisotopic (exact) mass is 538 g/mol. The molecule has 0 spiro atoms. The first-order valence-corrected chi connectivity index (χ1v) is 12.5. The van der Waals surface area contributed by atoms with Crippen LogP contribution < -0.4 is 10.6 Å². The Morgan fingerprint density at radius 3 is 2.60 bits per heavy atom. The van der Waals surface area contributed by atoms with Gasteiger partial charge in [-0.15, -0.1) is 0 Å². The number of carbonyl (C=O) groups is 1. The average Bonchev–Trinajstić information content (AvgIpc) is 3.38. The van der Waals surface area contributed by atoms with E-state index in [2.05, 4.69) is 35.6 Å². The van der Waals surface area contributed by atoms with Crippen LogP contribution in [0, 0.1) is 17.0 Å². The number of anilines is 2. The molecule has 0 bridgehead atoms. The summed E-state index contributed by atoms with van der Waals surface area (Å²) in [7, 11) is 0. The van der Waals surface area contributed by atoms with Crippen LogP contribution in [0.3, 0.4) is 0 Å². The zero-order valence-corrected chi connectivity index (χ0v) is 21.9. The summed E-state index contributed by atoms with van der Waals surface area (Å²) in [5.41, 5.74) is 3.05. The minimum Gasteiger partial charge on any atom is -0.364 e. The van der Waals surface area contributed by atoms with E-state index in [4.69, 9.17) is 4.98 Å². The Morgan fingerprint density at radius 1 is 1.00 bits per heavy atom. The molecular formula is C29H24F2N8O. The van der Waals surface area contributed by atoms with Crippen LogP contribution in [-0.4, -0.2) is 43.2 Å². The van der Waals surface area contributed by atoms with Crippen LogP contribution in [0.4, 0.5) is 20.2 Å². The van der Waals surface area contributed by atoms with E-state index in [9.17, 15) is 9.18 Å². The molecule has 3 N–H and O–H groups in total. The zero-order valence-electron chi connectivity index (χ0n) is 21.9. The number of rotatable bonds is 4. The molecule has 0 unspecified atom stereocenters. The summed E-state index contributed by atoms with van der Waals surface area (Å²) in [6, 6.07) is 7.99. The molecule has 1 aliphatic heterocycles. The van der Waals surface area contributed by atoms with Gasteiger partial charge in [0.2, 0.25) is 5.91 Å². The van der Waals surface area contributed by atoms with Crippen molar-refractivity contribution in [2.45, 2.75) is 20.8 Å². The molecule has 4 aromatic heterocycles. The average molecular weight is 539 g/mol. The van der Waals surface area contributed by atoms with E-state index in [1.54, 1.807) is 57.4 Å². The van der Waals surface area contributed by atoms with Gasteiger partial charge in [-0.2, -0.15) is 0 Å². The summed E-state index contributed by atoms with van der Waals surface area (Å²) < 4.78 is 30.8. The molecule has 200 valence electrons. The van der Waals surface area contributed by atoms with Crippen LogP contribution >= 0.6 is 0 Å². The van der Waals surface area contributed by atoms with E-state index in [1.807, 2.05) is 0 Å². The summed E-state index contributed by atoms with van der Waals surface area (Å²) in [5.74, 6) is -0.915. The van der Waals surface area contributed by atoms with Crippen molar-refractivity contribution in [2.75, 3.05) is 17.3 Å². The molecule has 0 saturated carbocycles. The van der Waals surface area contributed by atoms with Gasteiger partial charge in [0.05, 0.1) is 41.0 Å². The number of imidazole rings is 1. The van der Waals surface area contributed by atoms with E-state index >= 15 is 4.39 Å². The lowest BCUT2D eigenvalue weighted by molar-refractivity contribution is -0.123. The summed E-state index contributed by atoms with van der Waals surface area (Å²) in [4.78, 5) is 37.6. The molecule has 0 aliphatic carbocycles. The summed E-state index contributed by atoms with van der Waals surface area (Å²) in [5, 5.41) is 5.86. The van der Waals surface area contributed by atoms with Gasteiger partial charge < -0.3 is 15.6 Å². The molecule has 1 aliphatic rings. The van der Waals surface area contributed by atoms with Crippen LogP contribution in [0.5, 0.6) is 0 Å². The highest BCUT2D eigenvalue weighted by atomic mass is 19.1. The van der Waals surface area contributed by atoms with Crippen molar-refractivity contribution in [2.24, 2.45) is 10.4 Å². The Kier molecular flexibility index (Phi) is 6.05. The normalized spacial score (nSPS) is 13.0. The van der Waals surface area contributed by atoms with E-state index in [-0.39, 0.29) is 29.5 Å². The van der Waals surface area contributed by atoms with Gasteiger partial charge in [0.15, 0.2) is 11.6 Å². The number of nitrogens with one attached hydrogen (secondary N) is 3. The molecule has 1 aromatic carbocycles. The van der Waals surface area contributed by atoms with Gasteiger partial charge in [0.1, 0.15) is 29.4 Å². The second-order valence-electron chi connectivity index (χ2n) is 10.4. The molecular weight excluding hydrogens is 514 g/mol. The van der Waals surface area contributed by atoms with Crippen molar-refractivity contribution >= 4 is 34.0 Å². The SMILES string of the molecule is CC(C)(C)C(=O)Nc1cncc(-c2ncc3c(c2F)C(c2nc4c(-c5ccccc5F)cncc4[nH]2)=NCN3)c1. The first kappa shape index (κ1) is 25.2. The molecule has 9 nitrogen and oxygen atoms in total. The summed E-state index contributed by atoms with van der Waals surface area (Å²) in [6.45, 7) is 5.58. The molecule has 40 heavy (non-hydrogen) atoms. The van der Waals surface area contributed by atoms with Gasteiger partial charge in [0.25, 0.3) is 0 Å². The number of hydrogen-bond donors (Lipinski definition) is 3. The standard InChI is InChI=1S/C29H24F2N8O/c1-29(2,3)28(40)37-16-8-15(9-32-10-16)24-23(31)22-20(13-34-24)35-14-36-26(22)27-38-21-12-33-11-18(25(21)39-27)17-6-4-5-7-19(17)30/h4-13,35H,14H2,1-3H3,(H,37,40)(H,38,39). The number of fused-ring (bicyclic) bond motifs is 2. The van der Waals surface area contributed by atoms with Crippen molar-refractivity contribution < 1.29 is 13.6 Å². The molecule has 1 amide bonds. The van der Waals surface area contributed by atoms with Gasteiger partial charge in [-0.05, 0) is 12.1 Å². The smallest absolute Gasteiger partial charge is 0.229 e. The van der Waals surface area contributed by atoms with Gasteiger partial charge in [-0.1, -0.05) is 39.0 Å². The Morgan fingerprint density at radius 2 is 1.80 bits per heavy atom. The van der Waals surface area contributed by atoms with Crippen LogP contribution in [0.25, 0.3) is 33.4 Å². The highest BCUT2D eigenvalue weighted by Crippen LogP contribution is 2.33. The second kappa shape index (κ2) is 9.60. The highest BCUT2D eigenvalue weighted by Gasteiger charge is 2.27. The third-order valence-electron chi connectivity index (χ3n) is 6.50. The number of H-pyrrole nitrogens is 1. The number of carbonyl (C=O) groups excluding carboxylic acids is 1. The van der Waals surface area contributed by atoms with Crippen molar-refractivity contribution in [3.8, 4) is 22.4 Å². The third-order valence-corrected chi connectivity index (χ3v) is 6.50. The Balaban J connectivity index is 1.42. The van der Waals surface area contributed by atoms with E-state index < -0.39 is 17.0 Å². The van der Waals surface area contributed by atoms with E-state index in [1.165, 1.54) is 24.7 Å². The number of pyridine rings is 3. The maximum Gasteiger partial charge on any atom is 0.229 e. The molecule has 5 aromatic rings. The maximum atomic E-state index is 16.2. The van der Waals surface area contributed by atoms with Gasteiger partial charge >= 0.3 is 0 Å².